The third-order valence-electron chi connectivity index (χ3n) is 3.60. The molecule has 1 N–H and O–H groups in total. The van der Waals surface area contributed by atoms with Crippen molar-refractivity contribution in [1.82, 2.24) is 9.97 Å². The number of hydrogen-bond acceptors (Lipinski definition) is 3. The molecule has 0 radical (unpaired) electrons. The lowest BCUT2D eigenvalue weighted by Gasteiger charge is -2.14. The molecule has 0 spiro atoms. The fourth-order valence-electron chi connectivity index (χ4n) is 2.44. The van der Waals surface area contributed by atoms with E-state index in [0.717, 1.165) is 16.5 Å². The number of nitrogens with one attached hydrogen (secondary N) is 1. The monoisotopic (exact) mass is 277 g/mol. The fourth-order valence-corrected chi connectivity index (χ4v) is 2.44. The Balaban J connectivity index is 2.13. The number of fused-ring (bicyclic) bond motifs is 1. The van der Waals surface area contributed by atoms with Crippen molar-refractivity contribution in [3.8, 4) is 0 Å². The molecule has 3 rings (SSSR count). The minimum absolute atomic E-state index is 0.182. The van der Waals surface area contributed by atoms with Gasteiger partial charge in [0, 0.05) is 29.3 Å². The Morgan fingerprint density at radius 1 is 1.10 bits per heavy atom. The molecule has 0 saturated heterocycles. The van der Waals surface area contributed by atoms with Crippen molar-refractivity contribution in [2.45, 2.75) is 12.8 Å². The van der Waals surface area contributed by atoms with Gasteiger partial charge in [-0.1, -0.05) is 37.3 Å². The fraction of sp³-hybridized carbons (Fsp3) is 0.118. The average molecular weight is 277 g/mol. The van der Waals surface area contributed by atoms with E-state index in [0.29, 0.717) is 12.2 Å². The summed E-state index contributed by atoms with van der Waals surface area (Å²) in [6.07, 6.45) is 4.27. The van der Waals surface area contributed by atoms with Crippen LogP contribution in [0, 0.1) is 0 Å². The minimum Gasteiger partial charge on any atom is -0.313 e. The molecule has 2 aromatic heterocycles. The third kappa shape index (κ3) is 2.60. The summed E-state index contributed by atoms with van der Waals surface area (Å²) >= 11 is 0. The van der Waals surface area contributed by atoms with Crippen molar-refractivity contribution in [3.05, 3.63) is 66.0 Å². The maximum Gasteiger partial charge on any atom is 0.212 e. The summed E-state index contributed by atoms with van der Waals surface area (Å²) in [7, 11) is 0. The Morgan fingerprint density at radius 2 is 1.90 bits per heavy atom. The molecular weight excluding hydrogens is 262 g/mol. The van der Waals surface area contributed by atoms with Crippen LogP contribution in [-0.4, -0.2) is 16.4 Å². The lowest BCUT2D eigenvalue weighted by molar-refractivity contribution is -0.105. The van der Waals surface area contributed by atoms with Crippen LogP contribution in [0.4, 0.5) is 5.82 Å². The average Bonchev–Trinajstić information content (AvgIpc) is 2.55. The highest BCUT2D eigenvalue weighted by atomic mass is 16.1. The molecule has 4 nitrogen and oxygen atoms in total. The summed E-state index contributed by atoms with van der Waals surface area (Å²) in [6, 6.07) is 13.9. The molecule has 21 heavy (non-hydrogen) atoms. The van der Waals surface area contributed by atoms with E-state index in [9.17, 15) is 4.79 Å². The van der Waals surface area contributed by atoms with Crippen molar-refractivity contribution in [2.75, 3.05) is 5.32 Å². The number of rotatable bonds is 4. The summed E-state index contributed by atoms with van der Waals surface area (Å²) in [4.78, 5) is 19.4. The second-order valence-corrected chi connectivity index (χ2v) is 4.89. The molecule has 0 fully saturated rings. The Kier molecular flexibility index (Phi) is 3.60. The van der Waals surface area contributed by atoms with Crippen LogP contribution < -0.4 is 5.32 Å². The molecule has 0 aliphatic heterocycles. The van der Waals surface area contributed by atoms with Gasteiger partial charge in [-0.3, -0.25) is 9.78 Å². The van der Waals surface area contributed by atoms with Crippen LogP contribution in [0.5, 0.6) is 0 Å². The predicted molar refractivity (Wildman–Crippen MR) is 83.2 cm³/mol. The predicted octanol–water partition coefficient (Wildman–Crippen LogP) is 3.35. The van der Waals surface area contributed by atoms with Gasteiger partial charge in [0.05, 0.1) is 5.52 Å². The second-order valence-electron chi connectivity index (χ2n) is 4.89. The number of aromatic nitrogens is 2. The van der Waals surface area contributed by atoms with E-state index >= 15 is 0 Å². The number of pyridine rings is 2. The molecule has 0 aliphatic carbocycles. The van der Waals surface area contributed by atoms with Crippen LogP contribution in [0.15, 0.2) is 54.9 Å². The Morgan fingerprint density at radius 3 is 2.67 bits per heavy atom. The number of nitrogens with zero attached hydrogens (tertiary/aromatic N) is 2. The normalized spacial score (nSPS) is 12.0. The van der Waals surface area contributed by atoms with Crippen molar-refractivity contribution >= 4 is 23.1 Å². The number of hydrogen-bond donors (Lipinski definition) is 1. The largest absolute Gasteiger partial charge is 0.313 e. The van der Waals surface area contributed by atoms with Gasteiger partial charge < -0.3 is 5.32 Å². The third-order valence-corrected chi connectivity index (χ3v) is 3.60. The highest BCUT2D eigenvalue weighted by Gasteiger charge is 2.13. The SMILES string of the molecule is C[C@H](c1ccccc1)c1cncc2ccc(NC=O)nc12. The smallest absolute Gasteiger partial charge is 0.212 e. The zero-order valence-electron chi connectivity index (χ0n) is 11.7. The molecule has 2 heterocycles. The van der Waals surface area contributed by atoms with E-state index < -0.39 is 0 Å². The number of carbonyl (C=O) groups excluding carboxylic acids is 1. The zero-order valence-corrected chi connectivity index (χ0v) is 11.7. The maximum atomic E-state index is 10.6. The maximum absolute atomic E-state index is 10.6. The van der Waals surface area contributed by atoms with Crippen LogP contribution in [0.2, 0.25) is 0 Å². The van der Waals surface area contributed by atoms with Crippen LogP contribution >= 0.6 is 0 Å². The van der Waals surface area contributed by atoms with Crippen molar-refractivity contribution < 1.29 is 4.79 Å². The van der Waals surface area contributed by atoms with Crippen LogP contribution in [0.3, 0.4) is 0 Å². The van der Waals surface area contributed by atoms with Gasteiger partial charge >= 0.3 is 0 Å². The highest BCUT2D eigenvalue weighted by Crippen LogP contribution is 2.29. The summed E-state index contributed by atoms with van der Waals surface area (Å²) in [5, 5.41) is 3.56. The van der Waals surface area contributed by atoms with E-state index in [1.807, 2.05) is 30.5 Å². The van der Waals surface area contributed by atoms with Crippen LogP contribution in [0.25, 0.3) is 10.9 Å². The highest BCUT2D eigenvalue weighted by molar-refractivity contribution is 5.84. The molecule has 1 atom stereocenters. The molecule has 104 valence electrons. The van der Waals surface area contributed by atoms with E-state index in [1.54, 1.807) is 12.3 Å². The molecule has 0 bridgehead atoms. The van der Waals surface area contributed by atoms with Crippen molar-refractivity contribution in [3.63, 3.8) is 0 Å². The number of amides is 1. The molecular formula is C17H15N3O. The van der Waals surface area contributed by atoms with E-state index in [2.05, 4.69) is 34.3 Å². The molecule has 0 saturated carbocycles. The van der Waals surface area contributed by atoms with E-state index in [1.165, 1.54) is 5.56 Å². The first-order valence-corrected chi connectivity index (χ1v) is 6.79. The first kappa shape index (κ1) is 13.2. The molecule has 0 unspecified atom stereocenters. The van der Waals surface area contributed by atoms with Gasteiger partial charge in [-0.25, -0.2) is 4.98 Å². The van der Waals surface area contributed by atoms with Crippen molar-refractivity contribution in [2.24, 2.45) is 0 Å². The van der Waals surface area contributed by atoms with Gasteiger partial charge in [-0.05, 0) is 17.7 Å². The summed E-state index contributed by atoms with van der Waals surface area (Å²) in [6.45, 7) is 2.13. The second kappa shape index (κ2) is 5.71. The van der Waals surface area contributed by atoms with Crippen LogP contribution in [0.1, 0.15) is 24.0 Å². The first-order valence-electron chi connectivity index (χ1n) is 6.79. The van der Waals surface area contributed by atoms with Gasteiger partial charge in [0.15, 0.2) is 0 Å². The molecule has 3 aromatic rings. The quantitative estimate of drug-likeness (QED) is 0.744. The molecule has 1 amide bonds. The zero-order chi connectivity index (χ0) is 14.7. The standard InChI is InChI=1S/C17H15N3O/c1-12(13-5-3-2-4-6-13)15-10-18-9-14-7-8-16(19-11-21)20-17(14)15/h2-12H,1H3,(H,19,20,21)/t12-/m1/s1. The summed E-state index contributed by atoms with van der Waals surface area (Å²) in [5.41, 5.74) is 3.13. The van der Waals surface area contributed by atoms with E-state index in [4.69, 9.17) is 0 Å². The summed E-state index contributed by atoms with van der Waals surface area (Å²) in [5.74, 6) is 0.728. The van der Waals surface area contributed by atoms with Gasteiger partial charge in [0.1, 0.15) is 5.82 Å². The Hall–Kier alpha value is -2.75. The van der Waals surface area contributed by atoms with Crippen molar-refractivity contribution in [1.29, 1.82) is 0 Å². The van der Waals surface area contributed by atoms with Crippen LogP contribution in [-0.2, 0) is 4.79 Å². The first-order chi connectivity index (χ1) is 10.3. The summed E-state index contributed by atoms with van der Waals surface area (Å²) < 4.78 is 0. The lowest BCUT2D eigenvalue weighted by atomic mass is 9.93. The van der Waals surface area contributed by atoms with Gasteiger partial charge in [0.25, 0.3) is 0 Å². The topological polar surface area (TPSA) is 54.9 Å². The molecule has 0 aliphatic rings. The molecule has 4 heteroatoms. The molecule has 1 aromatic carbocycles. The van der Waals surface area contributed by atoms with E-state index in [-0.39, 0.29) is 5.92 Å². The van der Waals surface area contributed by atoms with Gasteiger partial charge in [-0.2, -0.15) is 0 Å². The van der Waals surface area contributed by atoms with Gasteiger partial charge in [-0.15, -0.1) is 0 Å². The number of benzene rings is 1. The number of anilines is 1. The Labute approximate surface area is 122 Å². The lowest BCUT2D eigenvalue weighted by Crippen LogP contribution is -2.02. The number of carbonyl (C=O) groups is 1. The Bertz CT molecular complexity index is 771. The van der Waals surface area contributed by atoms with Gasteiger partial charge in [0.2, 0.25) is 6.41 Å². The minimum atomic E-state index is 0.182.